The highest BCUT2D eigenvalue weighted by molar-refractivity contribution is 7.91. The third-order valence-corrected chi connectivity index (χ3v) is 6.64. The van der Waals surface area contributed by atoms with E-state index in [0.29, 0.717) is 17.8 Å². The van der Waals surface area contributed by atoms with Crippen LogP contribution in [0.2, 0.25) is 0 Å². The molecule has 0 heterocycles. The molecule has 106 valence electrons. The fourth-order valence-electron chi connectivity index (χ4n) is 3.87. The summed E-state index contributed by atoms with van der Waals surface area (Å²) in [6, 6.07) is 0. The highest BCUT2D eigenvalue weighted by Crippen LogP contribution is 2.41. The van der Waals surface area contributed by atoms with Gasteiger partial charge in [0.2, 0.25) is 0 Å². The first-order valence-corrected chi connectivity index (χ1v) is 9.20. The molecular formula is C14H26O3S. The second kappa shape index (κ2) is 5.49. The molecule has 5 atom stereocenters. The van der Waals surface area contributed by atoms with Gasteiger partial charge in [0.15, 0.2) is 0 Å². The Morgan fingerprint density at radius 3 is 2.44 bits per heavy atom. The predicted octanol–water partition coefficient (Wildman–Crippen LogP) is 2.39. The Morgan fingerprint density at radius 2 is 1.78 bits per heavy atom. The van der Waals surface area contributed by atoms with Gasteiger partial charge in [-0.15, -0.1) is 0 Å². The number of aliphatic hydroxyl groups excluding tert-OH is 1. The molecule has 2 fully saturated rings. The zero-order valence-corrected chi connectivity index (χ0v) is 12.3. The van der Waals surface area contributed by atoms with E-state index in [0.717, 1.165) is 44.9 Å². The maximum atomic E-state index is 11.7. The molecule has 0 aromatic carbocycles. The Balaban J connectivity index is 2.04. The van der Waals surface area contributed by atoms with Crippen molar-refractivity contribution in [1.82, 2.24) is 0 Å². The lowest BCUT2D eigenvalue weighted by Crippen LogP contribution is -2.38. The molecule has 3 nitrogen and oxygen atoms in total. The van der Waals surface area contributed by atoms with E-state index < -0.39 is 9.84 Å². The lowest BCUT2D eigenvalue weighted by molar-refractivity contribution is 0.0102. The van der Waals surface area contributed by atoms with Gasteiger partial charge in [-0.1, -0.05) is 19.8 Å². The normalized spacial score (nSPS) is 42.7. The van der Waals surface area contributed by atoms with Gasteiger partial charge in [-0.05, 0) is 49.9 Å². The van der Waals surface area contributed by atoms with Crippen molar-refractivity contribution in [2.75, 3.05) is 6.26 Å². The summed E-state index contributed by atoms with van der Waals surface area (Å²) in [5, 5.41) is 10.0. The van der Waals surface area contributed by atoms with Crippen LogP contribution in [-0.2, 0) is 9.84 Å². The standard InChI is InChI=1S/C14H26O3S/c1-10-6-7-14(15)13(8-10)11-4-3-5-12(9-11)18(2,16)17/h10-15H,3-9H2,1-2H3. The van der Waals surface area contributed by atoms with Crippen molar-refractivity contribution < 1.29 is 13.5 Å². The van der Waals surface area contributed by atoms with E-state index in [-0.39, 0.29) is 11.4 Å². The summed E-state index contributed by atoms with van der Waals surface area (Å²) in [6.07, 6.45) is 7.92. The topological polar surface area (TPSA) is 54.4 Å². The van der Waals surface area contributed by atoms with Crippen LogP contribution in [0.3, 0.4) is 0 Å². The van der Waals surface area contributed by atoms with Crippen molar-refractivity contribution in [3.63, 3.8) is 0 Å². The van der Waals surface area contributed by atoms with Crippen LogP contribution in [0.15, 0.2) is 0 Å². The number of hydrogen-bond acceptors (Lipinski definition) is 3. The van der Waals surface area contributed by atoms with Crippen LogP contribution in [0.1, 0.15) is 51.9 Å². The van der Waals surface area contributed by atoms with Crippen molar-refractivity contribution in [1.29, 1.82) is 0 Å². The lowest BCUT2D eigenvalue weighted by atomic mass is 9.69. The van der Waals surface area contributed by atoms with E-state index in [4.69, 9.17) is 0 Å². The highest BCUT2D eigenvalue weighted by atomic mass is 32.2. The molecule has 0 aromatic rings. The van der Waals surface area contributed by atoms with E-state index in [2.05, 4.69) is 6.92 Å². The first kappa shape index (κ1) is 14.3. The Morgan fingerprint density at radius 1 is 1.06 bits per heavy atom. The minimum atomic E-state index is -2.91. The number of aliphatic hydroxyl groups is 1. The summed E-state index contributed by atoms with van der Waals surface area (Å²) < 4.78 is 23.4. The fourth-order valence-corrected chi connectivity index (χ4v) is 5.07. The van der Waals surface area contributed by atoms with Crippen LogP contribution in [0.5, 0.6) is 0 Å². The summed E-state index contributed by atoms with van der Waals surface area (Å²) in [4.78, 5) is 0. The molecule has 0 spiro atoms. The number of rotatable bonds is 2. The summed E-state index contributed by atoms with van der Waals surface area (Å²) in [5.41, 5.74) is 0. The van der Waals surface area contributed by atoms with Crippen LogP contribution in [-0.4, -0.2) is 31.1 Å². The van der Waals surface area contributed by atoms with Crippen molar-refractivity contribution in [3.8, 4) is 0 Å². The van der Waals surface area contributed by atoms with E-state index in [1.807, 2.05) is 0 Å². The van der Waals surface area contributed by atoms with Crippen molar-refractivity contribution >= 4 is 9.84 Å². The first-order chi connectivity index (χ1) is 8.38. The molecule has 0 amide bonds. The van der Waals surface area contributed by atoms with Crippen LogP contribution in [0, 0.1) is 17.8 Å². The molecule has 18 heavy (non-hydrogen) atoms. The van der Waals surface area contributed by atoms with Crippen LogP contribution < -0.4 is 0 Å². The second-order valence-electron chi connectivity index (χ2n) is 6.53. The van der Waals surface area contributed by atoms with Gasteiger partial charge >= 0.3 is 0 Å². The monoisotopic (exact) mass is 274 g/mol. The molecule has 0 radical (unpaired) electrons. The Bertz CT molecular complexity index is 377. The molecule has 0 aliphatic heterocycles. The second-order valence-corrected chi connectivity index (χ2v) is 8.85. The predicted molar refractivity (Wildman–Crippen MR) is 73.1 cm³/mol. The molecule has 1 N–H and O–H groups in total. The van der Waals surface area contributed by atoms with Crippen LogP contribution >= 0.6 is 0 Å². The first-order valence-electron chi connectivity index (χ1n) is 7.25. The third-order valence-electron chi connectivity index (χ3n) is 5.00. The smallest absolute Gasteiger partial charge is 0.150 e. The van der Waals surface area contributed by atoms with Crippen LogP contribution in [0.4, 0.5) is 0 Å². The van der Waals surface area contributed by atoms with Gasteiger partial charge in [-0.3, -0.25) is 0 Å². The van der Waals surface area contributed by atoms with Crippen molar-refractivity contribution in [3.05, 3.63) is 0 Å². The summed E-state index contributed by atoms with van der Waals surface area (Å²) in [5.74, 6) is 1.42. The molecule has 2 aliphatic rings. The summed E-state index contributed by atoms with van der Waals surface area (Å²) in [6.45, 7) is 2.25. The van der Waals surface area contributed by atoms with Gasteiger partial charge in [0.1, 0.15) is 9.84 Å². The van der Waals surface area contributed by atoms with E-state index >= 15 is 0 Å². The van der Waals surface area contributed by atoms with Gasteiger partial charge < -0.3 is 5.11 Å². The Kier molecular flexibility index (Phi) is 4.37. The zero-order chi connectivity index (χ0) is 13.3. The highest BCUT2D eigenvalue weighted by Gasteiger charge is 2.38. The SMILES string of the molecule is CC1CCC(O)C(C2CCCC(S(C)(=O)=O)C2)C1. The summed E-state index contributed by atoms with van der Waals surface area (Å²) in [7, 11) is -2.91. The maximum absolute atomic E-state index is 11.7. The number of hydrogen-bond donors (Lipinski definition) is 1. The molecule has 5 unspecified atom stereocenters. The molecule has 0 aromatic heterocycles. The van der Waals surface area contributed by atoms with Gasteiger partial charge in [0.05, 0.1) is 11.4 Å². The average molecular weight is 274 g/mol. The minimum Gasteiger partial charge on any atom is -0.393 e. The molecule has 0 saturated heterocycles. The van der Waals surface area contributed by atoms with Crippen LogP contribution in [0.25, 0.3) is 0 Å². The average Bonchev–Trinajstić information content (AvgIpc) is 2.31. The maximum Gasteiger partial charge on any atom is 0.150 e. The minimum absolute atomic E-state index is 0.166. The van der Waals surface area contributed by atoms with Gasteiger partial charge in [-0.25, -0.2) is 8.42 Å². The van der Waals surface area contributed by atoms with Gasteiger partial charge in [0, 0.05) is 6.26 Å². The van der Waals surface area contributed by atoms with Gasteiger partial charge in [-0.2, -0.15) is 0 Å². The third kappa shape index (κ3) is 3.27. The Hall–Kier alpha value is -0.0900. The molecule has 4 heteroatoms. The lowest BCUT2D eigenvalue weighted by Gasteiger charge is -2.40. The Labute approximate surface area is 111 Å². The number of sulfone groups is 1. The molecule has 2 rings (SSSR count). The largest absolute Gasteiger partial charge is 0.393 e. The molecule has 2 aliphatic carbocycles. The zero-order valence-electron chi connectivity index (χ0n) is 11.5. The fraction of sp³-hybridized carbons (Fsp3) is 1.00. The molecular weight excluding hydrogens is 248 g/mol. The van der Waals surface area contributed by atoms with Gasteiger partial charge in [0.25, 0.3) is 0 Å². The summed E-state index contributed by atoms with van der Waals surface area (Å²) >= 11 is 0. The van der Waals surface area contributed by atoms with Crippen molar-refractivity contribution in [2.45, 2.75) is 63.2 Å². The molecule has 2 saturated carbocycles. The van der Waals surface area contributed by atoms with E-state index in [9.17, 15) is 13.5 Å². The quantitative estimate of drug-likeness (QED) is 0.841. The van der Waals surface area contributed by atoms with Crippen molar-refractivity contribution in [2.24, 2.45) is 17.8 Å². The van der Waals surface area contributed by atoms with E-state index in [1.165, 1.54) is 6.26 Å². The van der Waals surface area contributed by atoms with E-state index in [1.54, 1.807) is 0 Å². The molecule has 0 bridgehead atoms.